The smallest absolute Gasteiger partial charge is 0.134 e. The standard InChI is InChI=1S/C11H9ClN2O/c12-8-2-1-3-9-10(8)11(14-13-9)6-4-7(15)5-6/h1-3,6H,4-5H2,(H,13,14). The van der Waals surface area contributed by atoms with Crippen molar-refractivity contribution in [2.75, 3.05) is 0 Å². The topological polar surface area (TPSA) is 45.8 Å². The third-order valence-electron chi connectivity index (χ3n) is 2.90. The molecule has 0 radical (unpaired) electrons. The number of H-pyrrole nitrogens is 1. The molecule has 4 heteroatoms. The maximum Gasteiger partial charge on any atom is 0.134 e. The second kappa shape index (κ2) is 3.07. The molecule has 1 heterocycles. The average Bonchev–Trinajstić information content (AvgIpc) is 2.58. The molecular weight excluding hydrogens is 212 g/mol. The number of carbonyl (C=O) groups excluding carboxylic acids is 1. The lowest BCUT2D eigenvalue weighted by Crippen LogP contribution is -2.21. The van der Waals surface area contributed by atoms with E-state index in [0.29, 0.717) is 23.6 Å². The van der Waals surface area contributed by atoms with Crippen LogP contribution in [0.1, 0.15) is 24.5 Å². The van der Waals surface area contributed by atoms with E-state index >= 15 is 0 Å². The van der Waals surface area contributed by atoms with Crippen LogP contribution in [0.2, 0.25) is 5.02 Å². The fourth-order valence-electron chi connectivity index (χ4n) is 2.03. The van der Waals surface area contributed by atoms with E-state index in [1.165, 1.54) is 0 Å². The van der Waals surface area contributed by atoms with E-state index in [2.05, 4.69) is 10.2 Å². The van der Waals surface area contributed by atoms with E-state index in [1.54, 1.807) is 0 Å². The van der Waals surface area contributed by atoms with Gasteiger partial charge in [-0.15, -0.1) is 0 Å². The van der Waals surface area contributed by atoms with Crippen molar-refractivity contribution in [2.24, 2.45) is 0 Å². The molecule has 0 saturated heterocycles. The second-order valence-electron chi connectivity index (χ2n) is 3.92. The number of hydrogen-bond donors (Lipinski definition) is 1. The number of Topliss-reactive ketones (excluding diaryl/α,β-unsaturated/α-hetero) is 1. The van der Waals surface area contributed by atoms with Crippen molar-refractivity contribution in [3.8, 4) is 0 Å². The van der Waals surface area contributed by atoms with Crippen LogP contribution >= 0.6 is 11.6 Å². The van der Waals surface area contributed by atoms with E-state index in [1.807, 2.05) is 18.2 Å². The van der Waals surface area contributed by atoms with Gasteiger partial charge >= 0.3 is 0 Å². The Labute approximate surface area is 91.4 Å². The fraction of sp³-hybridized carbons (Fsp3) is 0.273. The monoisotopic (exact) mass is 220 g/mol. The summed E-state index contributed by atoms with van der Waals surface area (Å²) in [5, 5.41) is 8.87. The third kappa shape index (κ3) is 1.27. The van der Waals surface area contributed by atoms with Gasteiger partial charge in [-0.05, 0) is 12.1 Å². The number of aromatic amines is 1. The van der Waals surface area contributed by atoms with Crippen LogP contribution in [0.25, 0.3) is 10.9 Å². The van der Waals surface area contributed by atoms with Crippen molar-refractivity contribution in [1.82, 2.24) is 10.2 Å². The molecule has 0 atom stereocenters. The number of benzene rings is 1. The molecule has 1 aromatic carbocycles. The molecule has 15 heavy (non-hydrogen) atoms. The van der Waals surface area contributed by atoms with Crippen LogP contribution in [0.15, 0.2) is 18.2 Å². The first-order chi connectivity index (χ1) is 7.25. The molecule has 1 aliphatic rings. The number of hydrogen-bond acceptors (Lipinski definition) is 2. The normalized spacial score (nSPS) is 17.0. The predicted octanol–water partition coefficient (Wildman–Crippen LogP) is 2.66. The van der Waals surface area contributed by atoms with Gasteiger partial charge in [0, 0.05) is 24.1 Å². The SMILES string of the molecule is O=C1CC(c2n[nH]c3cccc(Cl)c23)C1. The van der Waals surface area contributed by atoms with Crippen molar-refractivity contribution in [3.63, 3.8) is 0 Å². The van der Waals surface area contributed by atoms with Crippen molar-refractivity contribution in [3.05, 3.63) is 28.9 Å². The highest BCUT2D eigenvalue weighted by atomic mass is 35.5. The maximum absolute atomic E-state index is 11.0. The van der Waals surface area contributed by atoms with Gasteiger partial charge in [-0.2, -0.15) is 5.10 Å². The van der Waals surface area contributed by atoms with Crippen LogP contribution < -0.4 is 0 Å². The number of fused-ring (bicyclic) bond motifs is 1. The zero-order chi connectivity index (χ0) is 10.4. The zero-order valence-corrected chi connectivity index (χ0v) is 8.71. The Morgan fingerprint density at radius 3 is 2.93 bits per heavy atom. The van der Waals surface area contributed by atoms with Gasteiger partial charge in [0.15, 0.2) is 0 Å². The van der Waals surface area contributed by atoms with E-state index < -0.39 is 0 Å². The molecule has 1 aliphatic carbocycles. The molecule has 3 rings (SSSR count). The summed E-state index contributed by atoms with van der Waals surface area (Å²) < 4.78 is 0. The van der Waals surface area contributed by atoms with E-state index in [9.17, 15) is 4.79 Å². The molecule has 1 N–H and O–H groups in total. The van der Waals surface area contributed by atoms with Crippen LogP contribution in [0.5, 0.6) is 0 Å². The highest BCUT2D eigenvalue weighted by Gasteiger charge is 2.31. The second-order valence-corrected chi connectivity index (χ2v) is 4.32. The zero-order valence-electron chi connectivity index (χ0n) is 7.96. The van der Waals surface area contributed by atoms with Crippen LogP contribution in [0.3, 0.4) is 0 Å². The van der Waals surface area contributed by atoms with Crippen LogP contribution in [-0.4, -0.2) is 16.0 Å². The predicted molar refractivity (Wildman–Crippen MR) is 58.1 cm³/mol. The summed E-state index contributed by atoms with van der Waals surface area (Å²) in [6.45, 7) is 0. The summed E-state index contributed by atoms with van der Waals surface area (Å²) in [5.74, 6) is 0.564. The van der Waals surface area contributed by atoms with Gasteiger partial charge in [-0.1, -0.05) is 17.7 Å². The van der Waals surface area contributed by atoms with E-state index in [-0.39, 0.29) is 5.92 Å². The number of halogens is 1. The molecule has 0 unspecified atom stereocenters. The summed E-state index contributed by atoms with van der Waals surface area (Å²) in [6.07, 6.45) is 1.20. The quantitative estimate of drug-likeness (QED) is 0.803. The summed E-state index contributed by atoms with van der Waals surface area (Å²) >= 11 is 6.12. The number of aromatic nitrogens is 2. The van der Waals surface area contributed by atoms with Gasteiger partial charge in [-0.25, -0.2) is 0 Å². The van der Waals surface area contributed by atoms with Crippen LogP contribution in [0.4, 0.5) is 0 Å². The highest BCUT2D eigenvalue weighted by Crippen LogP contribution is 2.38. The molecule has 1 saturated carbocycles. The largest absolute Gasteiger partial charge is 0.300 e. The van der Waals surface area contributed by atoms with Gasteiger partial charge in [-0.3, -0.25) is 9.89 Å². The molecule has 1 fully saturated rings. The van der Waals surface area contributed by atoms with Gasteiger partial charge in [0.25, 0.3) is 0 Å². The average molecular weight is 221 g/mol. The first-order valence-electron chi connectivity index (χ1n) is 4.90. The minimum absolute atomic E-state index is 0.256. The lowest BCUT2D eigenvalue weighted by atomic mass is 9.80. The van der Waals surface area contributed by atoms with Gasteiger partial charge in [0.1, 0.15) is 5.78 Å². The van der Waals surface area contributed by atoms with Crippen LogP contribution in [-0.2, 0) is 4.79 Å². The Hall–Kier alpha value is -1.35. The summed E-state index contributed by atoms with van der Waals surface area (Å²) in [5.41, 5.74) is 1.88. The minimum Gasteiger partial charge on any atom is -0.300 e. The molecule has 3 nitrogen and oxygen atoms in total. The van der Waals surface area contributed by atoms with E-state index in [4.69, 9.17) is 11.6 Å². The van der Waals surface area contributed by atoms with Gasteiger partial charge < -0.3 is 0 Å². The third-order valence-corrected chi connectivity index (χ3v) is 3.22. The number of rotatable bonds is 1. The van der Waals surface area contributed by atoms with Gasteiger partial charge in [0.2, 0.25) is 0 Å². The molecule has 1 aromatic heterocycles. The first kappa shape index (κ1) is 8.92. The Kier molecular flexibility index (Phi) is 1.83. The molecule has 0 amide bonds. The Morgan fingerprint density at radius 2 is 2.20 bits per heavy atom. The molecule has 0 spiro atoms. The fourth-order valence-corrected chi connectivity index (χ4v) is 2.30. The first-order valence-corrected chi connectivity index (χ1v) is 5.27. The molecule has 0 bridgehead atoms. The lowest BCUT2D eigenvalue weighted by Gasteiger charge is -2.22. The van der Waals surface area contributed by atoms with Crippen molar-refractivity contribution in [2.45, 2.75) is 18.8 Å². The Morgan fingerprint density at radius 1 is 1.40 bits per heavy atom. The minimum atomic E-state index is 0.256. The molecular formula is C11H9ClN2O. The van der Waals surface area contributed by atoms with E-state index in [0.717, 1.165) is 16.6 Å². The number of nitrogens with one attached hydrogen (secondary N) is 1. The summed E-state index contributed by atoms with van der Waals surface area (Å²) in [6, 6.07) is 5.68. The Bertz CT molecular complexity index is 539. The summed E-state index contributed by atoms with van der Waals surface area (Å²) in [4.78, 5) is 11.0. The lowest BCUT2D eigenvalue weighted by molar-refractivity contribution is -0.124. The van der Waals surface area contributed by atoms with Crippen molar-refractivity contribution >= 4 is 28.3 Å². The molecule has 0 aliphatic heterocycles. The van der Waals surface area contributed by atoms with Gasteiger partial charge in [0.05, 0.1) is 16.2 Å². The van der Waals surface area contributed by atoms with Crippen LogP contribution in [0, 0.1) is 0 Å². The molecule has 2 aromatic rings. The number of carbonyl (C=O) groups is 1. The Balaban J connectivity index is 2.15. The number of ketones is 1. The highest BCUT2D eigenvalue weighted by molar-refractivity contribution is 6.35. The van der Waals surface area contributed by atoms with Crippen molar-refractivity contribution < 1.29 is 4.79 Å². The van der Waals surface area contributed by atoms with Crippen molar-refractivity contribution in [1.29, 1.82) is 0 Å². The summed E-state index contributed by atoms with van der Waals surface area (Å²) in [7, 11) is 0. The molecule has 76 valence electrons. The maximum atomic E-state index is 11.0. The number of nitrogens with zero attached hydrogens (tertiary/aromatic N) is 1.